The van der Waals surface area contributed by atoms with Gasteiger partial charge in [0.05, 0.1) is 17.6 Å². The fourth-order valence-corrected chi connectivity index (χ4v) is 3.84. The highest BCUT2D eigenvalue weighted by Crippen LogP contribution is 2.30. The van der Waals surface area contributed by atoms with E-state index in [1.807, 2.05) is 0 Å². The summed E-state index contributed by atoms with van der Waals surface area (Å²) in [5, 5.41) is 6.47. The van der Waals surface area contributed by atoms with Crippen LogP contribution < -0.4 is 10.0 Å². The maximum absolute atomic E-state index is 15.0. The molecule has 3 heterocycles. The van der Waals surface area contributed by atoms with Gasteiger partial charge in [-0.15, -0.1) is 0 Å². The Hall–Kier alpha value is -3.81. The first-order valence-electron chi connectivity index (χ1n) is 8.96. The van der Waals surface area contributed by atoms with Crippen LogP contribution in [0.1, 0.15) is 13.3 Å². The average Bonchev–Trinajstić information content (AvgIpc) is 3.28. The minimum atomic E-state index is -3.78. The fourth-order valence-electron chi connectivity index (χ4n) is 2.71. The molecule has 0 unspecified atom stereocenters. The smallest absolute Gasteiger partial charge is 0.252 e. The minimum absolute atomic E-state index is 0.0138. The van der Waals surface area contributed by atoms with E-state index in [1.165, 1.54) is 29.9 Å². The van der Waals surface area contributed by atoms with Crippen molar-refractivity contribution < 1.29 is 17.2 Å². The summed E-state index contributed by atoms with van der Waals surface area (Å²) in [6.45, 7) is 1.67. The van der Waals surface area contributed by atoms with Crippen molar-refractivity contribution in [3.05, 3.63) is 48.9 Å². The third-order valence-electron chi connectivity index (χ3n) is 4.06. The fraction of sp³-hybridized carbons (Fsp3) is 0.176. The molecule has 4 rings (SSSR count). The summed E-state index contributed by atoms with van der Waals surface area (Å²) in [4.78, 5) is 20.3. The van der Waals surface area contributed by atoms with Crippen molar-refractivity contribution in [1.82, 2.24) is 34.7 Å². The average molecular weight is 447 g/mol. The Morgan fingerprint density at radius 2 is 1.97 bits per heavy atom. The van der Waals surface area contributed by atoms with Gasteiger partial charge < -0.3 is 5.32 Å². The zero-order chi connectivity index (χ0) is 22.0. The Labute approximate surface area is 174 Å². The minimum Gasteiger partial charge on any atom is -0.333 e. The van der Waals surface area contributed by atoms with Gasteiger partial charge in [-0.2, -0.15) is 9.78 Å². The van der Waals surface area contributed by atoms with Crippen LogP contribution >= 0.6 is 0 Å². The molecule has 4 aromatic rings. The van der Waals surface area contributed by atoms with Gasteiger partial charge in [0.1, 0.15) is 41.5 Å². The summed E-state index contributed by atoms with van der Waals surface area (Å²) in [5.41, 5.74) is -0.521. The van der Waals surface area contributed by atoms with Gasteiger partial charge in [0.2, 0.25) is 10.0 Å². The Kier molecular flexibility index (Phi) is 5.37. The van der Waals surface area contributed by atoms with Gasteiger partial charge in [-0.25, -0.2) is 42.1 Å². The molecular weight excluding hydrogens is 432 g/mol. The molecule has 0 amide bonds. The van der Waals surface area contributed by atoms with Gasteiger partial charge in [0, 0.05) is 0 Å². The maximum atomic E-state index is 15.0. The van der Waals surface area contributed by atoms with E-state index in [2.05, 4.69) is 40.1 Å². The molecule has 0 saturated heterocycles. The van der Waals surface area contributed by atoms with Crippen LogP contribution in [0.4, 0.5) is 26.0 Å². The highest BCUT2D eigenvalue weighted by Gasteiger charge is 2.20. The first kappa shape index (κ1) is 20.5. The van der Waals surface area contributed by atoms with E-state index in [0.717, 1.165) is 12.1 Å². The van der Waals surface area contributed by atoms with Crippen molar-refractivity contribution in [2.45, 2.75) is 13.3 Å². The molecule has 0 aliphatic heterocycles. The van der Waals surface area contributed by atoms with E-state index in [-0.39, 0.29) is 23.0 Å². The van der Waals surface area contributed by atoms with E-state index >= 15 is 0 Å². The summed E-state index contributed by atoms with van der Waals surface area (Å²) in [6, 6.07) is 1.94. The predicted molar refractivity (Wildman–Crippen MR) is 107 cm³/mol. The van der Waals surface area contributed by atoms with E-state index in [9.17, 15) is 17.2 Å². The first-order chi connectivity index (χ1) is 14.9. The normalized spacial score (nSPS) is 11.6. The third kappa shape index (κ3) is 4.23. The van der Waals surface area contributed by atoms with Gasteiger partial charge in [-0.05, 0) is 18.6 Å². The molecule has 0 atom stereocenters. The number of anilines is 3. The molecule has 3 aromatic heterocycles. The number of hydrogen-bond donors (Lipinski definition) is 2. The lowest BCUT2D eigenvalue weighted by Gasteiger charge is -2.14. The van der Waals surface area contributed by atoms with Crippen LogP contribution in [-0.4, -0.2) is 48.9 Å². The molecule has 0 bridgehead atoms. The van der Waals surface area contributed by atoms with Gasteiger partial charge in [0.25, 0.3) is 5.95 Å². The Bertz CT molecular complexity index is 1350. The largest absolute Gasteiger partial charge is 0.333 e. The van der Waals surface area contributed by atoms with Crippen LogP contribution in [0.15, 0.2) is 37.3 Å². The molecule has 0 radical (unpaired) electrons. The summed E-state index contributed by atoms with van der Waals surface area (Å²) >= 11 is 0. The first-order valence-corrected chi connectivity index (χ1v) is 10.6. The van der Waals surface area contributed by atoms with Crippen LogP contribution in [0, 0.1) is 11.6 Å². The topological polar surface area (TPSA) is 140 Å². The molecule has 2 N–H and O–H groups in total. The van der Waals surface area contributed by atoms with E-state index in [1.54, 1.807) is 6.92 Å². The lowest BCUT2D eigenvalue weighted by atomic mass is 10.2. The predicted octanol–water partition coefficient (Wildman–Crippen LogP) is 2.17. The molecule has 160 valence electrons. The van der Waals surface area contributed by atoms with Crippen molar-refractivity contribution in [3.8, 4) is 5.95 Å². The Morgan fingerprint density at radius 1 is 1.13 bits per heavy atom. The molecule has 0 saturated carbocycles. The summed E-state index contributed by atoms with van der Waals surface area (Å²) < 4.78 is 56.8. The molecule has 0 aliphatic carbocycles. The van der Waals surface area contributed by atoms with Gasteiger partial charge >= 0.3 is 0 Å². The van der Waals surface area contributed by atoms with Crippen molar-refractivity contribution in [3.63, 3.8) is 0 Å². The van der Waals surface area contributed by atoms with Crippen LogP contribution in [0.5, 0.6) is 0 Å². The Morgan fingerprint density at radius 3 is 2.71 bits per heavy atom. The maximum Gasteiger partial charge on any atom is 0.252 e. The molecule has 14 heteroatoms. The number of sulfonamides is 1. The second-order valence-electron chi connectivity index (χ2n) is 6.30. The van der Waals surface area contributed by atoms with Crippen LogP contribution in [0.3, 0.4) is 0 Å². The second kappa shape index (κ2) is 8.14. The molecule has 0 aliphatic rings. The SMILES string of the molecule is CCCS(=O)(=O)Nc1ccc(F)c(Nc2ncnc3cnc(-n4cncn4)nc23)c1F. The van der Waals surface area contributed by atoms with E-state index < -0.39 is 33.0 Å². The number of benzene rings is 1. The monoisotopic (exact) mass is 447 g/mol. The number of fused-ring (bicyclic) bond motifs is 1. The number of aromatic nitrogens is 7. The summed E-state index contributed by atoms with van der Waals surface area (Å²) in [7, 11) is -3.78. The van der Waals surface area contributed by atoms with Crippen molar-refractivity contribution in [2.75, 3.05) is 15.8 Å². The van der Waals surface area contributed by atoms with E-state index in [4.69, 9.17) is 0 Å². The number of halogens is 2. The molecule has 0 fully saturated rings. The second-order valence-corrected chi connectivity index (χ2v) is 8.14. The summed E-state index contributed by atoms with van der Waals surface area (Å²) in [5.74, 6) is -2.15. The molecule has 1 aromatic carbocycles. The Balaban J connectivity index is 1.75. The van der Waals surface area contributed by atoms with Crippen molar-refractivity contribution in [2.24, 2.45) is 0 Å². The lowest BCUT2D eigenvalue weighted by molar-refractivity contribution is 0.588. The highest BCUT2D eigenvalue weighted by molar-refractivity contribution is 7.92. The van der Waals surface area contributed by atoms with Crippen molar-refractivity contribution >= 4 is 38.2 Å². The number of nitrogens with one attached hydrogen (secondary N) is 2. The lowest BCUT2D eigenvalue weighted by Crippen LogP contribution is -2.17. The molecular formula is C17H15F2N9O2S. The highest BCUT2D eigenvalue weighted by atomic mass is 32.2. The van der Waals surface area contributed by atoms with E-state index in [0.29, 0.717) is 11.9 Å². The molecule has 0 spiro atoms. The van der Waals surface area contributed by atoms with Crippen molar-refractivity contribution in [1.29, 1.82) is 0 Å². The molecule has 31 heavy (non-hydrogen) atoms. The van der Waals surface area contributed by atoms with Gasteiger partial charge in [-0.1, -0.05) is 6.92 Å². The quantitative estimate of drug-likeness (QED) is 0.436. The zero-order valence-electron chi connectivity index (χ0n) is 16.0. The third-order valence-corrected chi connectivity index (χ3v) is 5.54. The van der Waals surface area contributed by atoms with Crippen LogP contribution in [0.2, 0.25) is 0 Å². The standard InChI is InChI=1S/C17H15F2N9O2S/c1-2-5-31(29,30)27-11-4-3-10(18)14(13(11)19)25-16-15-12(22-8-23-16)6-21-17(26-15)28-9-20-7-24-28/h3-4,6-9,27H,2,5H2,1H3,(H,22,23,25). The van der Waals surface area contributed by atoms with Crippen LogP contribution in [-0.2, 0) is 10.0 Å². The molecule has 11 nitrogen and oxygen atoms in total. The van der Waals surface area contributed by atoms with Crippen LogP contribution in [0.25, 0.3) is 17.0 Å². The number of hydrogen-bond acceptors (Lipinski definition) is 9. The van der Waals surface area contributed by atoms with Gasteiger partial charge in [0.15, 0.2) is 11.6 Å². The number of nitrogens with zero attached hydrogens (tertiary/aromatic N) is 7. The number of rotatable bonds is 7. The zero-order valence-corrected chi connectivity index (χ0v) is 16.8. The van der Waals surface area contributed by atoms with Gasteiger partial charge in [-0.3, -0.25) is 4.72 Å². The summed E-state index contributed by atoms with van der Waals surface area (Å²) in [6.07, 6.45) is 5.58.